The number of hydrogen-bond donors (Lipinski definition) is 6. The van der Waals surface area contributed by atoms with E-state index in [0.29, 0.717) is 5.69 Å². The van der Waals surface area contributed by atoms with Crippen LogP contribution in [0.15, 0.2) is 35.4 Å². The number of anilines is 1. The molecular formula is C12H18N2O5. The van der Waals surface area contributed by atoms with Gasteiger partial charge in [0, 0.05) is 0 Å². The summed E-state index contributed by atoms with van der Waals surface area (Å²) < 4.78 is 0. The highest BCUT2D eigenvalue weighted by molar-refractivity contribution is 5.65. The summed E-state index contributed by atoms with van der Waals surface area (Å²) in [7, 11) is 0. The molecular weight excluding hydrogens is 252 g/mol. The third kappa shape index (κ3) is 4.93. The Hall–Kier alpha value is -1.51. The van der Waals surface area contributed by atoms with Gasteiger partial charge in [0.15, 0.2) is 0 Å². The van der Waals surface area contributed by atoms with Crippen molar-refractivity contribution in [3.63, 3.8) is 0 Å². The predicted octanol–water partition coefficient (Wildman–Crippen LogP) is -1.48. The van der Waals surface area contributed by atoms with E-state index in [1.165, 1.54) is 0 Å². The molecule has 1 rings (SSSR count). The fourth-order valence-corrected chi connectivity index (χ4v) is 1.33. The maximum atomic E-state index is 9.52. The van der Waals surface area contributed by atoms with E-state index in [4.69, 9.17) is 10.2 Å². The van der Waals surface area contributed by atoms with E-state index in [-0.39, 0.29) is 0 Å². The number of hydrazone groups is 1. The number of benzene rings is 1. The van der Waals surface area contributed by atoms with E-state index < -0.39 is 31.0 Å². The van der Waals surface area contributed by atoms with Gasteiger partial charge in [-0.2, -0.15) is 5.10 Å². The SMILES string of the molecule is OC[C@@H](O)[C@@H](O)[C@H](O)[C@@H](O)/C=N/Nc1ccccc1. The first kappa shape index (κ1) is 15.5. The number of rotatable bonds is 7. The maximum absolute atomic E-state index is 9.52. The van der Waals surface area contributed by atoms with Gasteiger partial charge in [0.1, 0.15) is 24.4 Å². The van der Waals surface area contributed by atoms with Crippen LogP contribution < -0.4 is 5.43 Å². The highest BCUT2D eigenvalue weighted by Crippen LogP contribution is 2.06. The molecule has 0 spiro atoms. The summed E-state index contributed by atoms with van der Waals surface area (Å²) in [5, 5.41) is 49.8. The van der Waals surface area contributed by atoms with Crippen LogP contribution in [0.3, 0.4) is 0 Å². The number of para-hydroxylation sites is 1. The first-order valence-electron chi connectivity index (χ1n) is 5.73. The van der Waals surface area contributed by atoms with Crippen molar-refractivity contribution in [3.05, 3.63) is 30.3 Å². The molecule has 0 saturated carbocycles. The van der Waals surface area contributed by atoms with Crippen molar-refractivity contribution in [1.82, 2.24) is 0 Å². The van der Waals surface area contributed by atoms with Crippen LogP contribution in [0.5, 0.6) is 0 Å². The Kier molecular flexibility index (Phi) is 6.40. The molecule has 0 saturated heterocycles. The summed E-state index contributed by atoms with van der Waals surface area (Å²) in [6.45, 7) is -0.718. The lowest BCUT2D eigenvalue weighted by Crippen LogP contribution is -2.46. The van der Waals surface area contributed by atoms with Crippen LogP contribution in [0.4, 0.5) is 5.69 Å². The van der Waals surface area contributed by atoms with E-state index in [2.05, 4.69) is 10.5 Å². The van der Waals surface area contributed by atoms with Crippen molar-refractivity contribution in [3.8, 4) is 0 Å². The van der Waals surface area contributed by atoms with Crippen LogP contribution >= 0.6 is 0 Å². The van der Waals surface area contributed by atoms with Crippen molar-refractivity contribution in [2.75, 3.05) is 12.0 Å². The van der Waals surface area contributed by atoms with Gasteiger partial charge >= 0.3 is 0 Å². The zero-order chi connectivity index (χ0) is 14.3. The van der Waals surface area contributed by atoms with Gasteiger partial charge in [0.25, 0.3) is 0 Å². The van der Waals surface area contributed by atoms with Gasteiger partial charge in [-0.15, -0.1) is 0 Å². The molecule has 0 amide bonds. The lowest BCUT2D eigenvalue weighted by molar-refractivity contribution is -0.0999. The number of aliphatic hydroxyl groups excluding tert-OH is 5. The van der Waals surface area contributed by atoms with Crippen LogP contribution in [0.2, 0.25) is 0 Å². The second-order valence-corrected chi connectivity index (χ2v) is 3.98. The van der Waals surface area contributed by atoms with Crippen molar-refractivity contribution < 1.29 is 25.5 Å². The summed E-state index contributed by atoms with van der Waals surface area (Å²) in [6, 6.07) is 8.93. The fourth-order valence-electron chi connectivity index (χ4n) is 1.33. The Balaban J connectivity index is 2.47. The molecule has 7 nitrogen and oxygen atoms in total. The van der Waals surface area contributed by atoms with Crippen LogP contribution in [-0.2, 0) is 0 Å². The van der Waals surface area contributed by atoms with E-state index in [1.807, 2.05) is 6.07 Å². The molecule has 0 heterocycles. The summed E-state index contributed by atoms with van der Waals surface area (Å²) >= 11 is 0. The molecule has 4 atom stereocenters. The minimum Gasteiger partial charge on any atom is -0.394 e. The molecule has 0 bridgehead atoms. The number of nitrogens with one attached hydrogen (secondary N) is 1. The monoisotopic (exact) mass is 270 g/mol. The second-order valence-electron chi connectivity index (χ2n) is 3.98. The molecule has 19 heavy (non-hydrogen) atoms. The number of aliphatic hydroxyl groups is 5. The molecule has 0 radical (unpaired) electrons. The molecule has 106 valence electrons. The molecule has 0 aliphatic carbocycles. The quantitative estimate of drug-likeness (QED) is 0.265. The highest BCUT2D eigenvalue weighted by Gasteiger charge is 2.29. The van der Waals surface area contributed by atoms with Gasteiger partial charge in [-0.25, -0.2) is 0 Å². The van der Waals surface area contributed by atoms with E-state index in [1.54, 1.807) is 24.3 Å². The Bertz CT molecular complexity index is 387. The van der Waals surface area contributed by atoms with Gasteiger partial charge in [0.2, 0.25) is 0 Å². The largest absolute Gasteiger partial charge is 0.394 e. The lowest BCUT2D eigenvalue weighted by Gasteiger charge is -2.23. The summed E-state index contributed by atoms with van der Waals surface area (Å²) in [5.41, 5.74) is 3.31. The lowest BCUT2D eigenvalue weighted by atomic mass is 10.0. The fraction of sp³-hybridized carbons (Fsp3) is 0.417. The normalized spacial score (nSPS) is 17.9. The standard InChI is InChI=1S/C12H18N2O5/c15-7-10(17)12(19)11(18)9(16)6-13-14-8-4-2-1-3-5-8/h1-6,9-12,14-19H,7H2/b13-6+/t9-,10+,11+,12+/m0/s1. The molecule has 0 aliphatic heterocycles. The molecule has 0 aliphatic rings. The Morgan fingerprint density at radius 2 is 1.68 bits per heavy atom. The third-order valence-corrected chi connectivity index (χ3v) is 2.48. The highest BCUT2D eigenvalue weighted by atomic mass is 16.4. The number of hydrogen-bond acceptors (Lipinski definition) is 7. The van der Waals surface area contributed by atoms with Crippen LogP contribution in [0, 0.1) is 0 Å². The first-order chi connectivity index (χ1) is 9.06. The predicted molar refractivity (Wildman–Crippen MR) is 69.7 cm³/mol. The minimum absolute atomic E-state index is 0.691. The Morgan fingerprint density at radius 3 is 2.26 bits per heavy atom. The van der Waals surface area contributed by atoms with E-state index in [9.17, 15) is 15.3 Å². The van der Waals surface area contributed by atoms with Gasteiger partial charge in [-0.1, -0.05) is 18.2 Å². The molecule has 1 aromatic carbocycles. The maximum Gasteiger partial charge on any atom is 0.119 e. The molecule has 0 aromatic heterocycles. The van der Waals surface area contributed by atoms with E-state index >= 15 is 0 Å². The first-order valence-corrected chi connectivity index (χ1v) is 5.73. The van der Waals surface area contributed by atoms with Crippen molar-refractivity contribution in [2.24, 2.45) is 5.10 Å². The minimum atomic E-state index is -1.66. The van der Waals surface area contributed by atoms with Crippen molar-refractivity contribution >= 4 is 11.9 Å². The molecule has 0 fully saturated rings. The molecule has 1 aromatic rings. The average Bonchev–Trinajstić information content (AvgIpc) is 2.45. The van der Waals surface area contributed by atoms with Crippen LogP contribution in [0.1, 0.15) is 0 Å². The zero-order valence-corrected chi connectivity index (χ0v) is 10.2. The summed E-state index contributed by atoms with van der Waals surface area (Å²) in [4.78, 5) is 0. The average molecular weight is 270 g/mol. The van der Waals surface area contributed by atoms with Crippen LogP contribution in [0.25, 0.3) is 0 Å². The smallest absolute Gasteiger partial charge is 0.119 e. The molecule has 6 N–H and O–H groups in total. The summed E-state index contributed by atoms with van der Waals surface area (Å²) in [5.74, 6) is 0. The third-order valence-electron chi connectivity index (χ3n) is 2.48. The zero-order valence-electron chi connectivity index (χ0n) is 10.2. The van der Waals surface area contributed by atoms with Gasteiger partial charge in [-0.3, -0.25) is 5.43 Å². The molecule has 7 heteroatoms. The summed E-state index contributed by atoms with van der Waals surface area (Å²) in [6.07, 6.45) is -5.33. The Morgan fingerprint density at radius 1 is 1.05 bits per heavy atom. The molecule has 0 unspecified atom stereocenters. The van der Waals surface area contributed by atoms with Crippen molar-refractivity contribution in [2.45, 2.75) is 24.4 Å². The van der Waals surface area contributed by atoms with Gasteiger partial charge < -0.3 is 25.5 Å². The Labute approximate surface area is 110 Å². The van der Waals surface area contributed by atoms with Crippen LogP contribution in [-0.4, -0.2) is 62.8 Å². The number of nitrogens with zero attached hydrogens (tertiary/aromatic N) is 1. The topological polar surface area (TPSA) is 126 Å². The van der Waals surface area contributed by atoms with Gasteiger partial charge in [-0.05, 0) is 12.1 Å². The van der Waals surface area contributed by atoms with Gasteiger partial charge in [0.05, 0.1) is 18.5 Å². The van der Waals surface area contributed by atoms with E-state index in [0.717, 1.165) is 6.21 Å². The van der Waals surface area contributed by atoms with Crippen molar-refractivity contribution in [1.29, 1.82) is 0 Å². The second kappa shape index (κ2) is 7.82.